The van der Waals surface area contributed by atoms with Crippen LogP contribution in [-0.4, -0.2) is 40.1 Å². The van der Waals surface area contributed by atoms with Gasteiger partial charge in [0.05, 0.1) is 6.54 Å². The SMILES string of the molecule is CCn1ccnc1CNCC(C)N(C)C1CC1. The molecule has 1 N–H and O–H groups in total. The van der Waals surface area contributed by atoms with Gasteiger partial charge < -0.3 is 9.88 Å². The van der Waals surface area contributed by atoms with E-state index in [0.717, 1.165) is 31.5 Å². The summed E-state index contributed by atoms with van der Waals surface area (Å²) in [4.78, 5) is 6.85. The van der Waals surface area contributed by atoms with Crippen LogP contribution in [0.4, 0.5) is 0 Å². The minimum atomic E-state index is 0.604. The molecular formula is C13H24N4. The summed E-state index contributed by atoms with van der Waals surface area (Å²) in [6, 6.07) is 1.44. The van der Waals surface area contributed by atoms with Crippen molar-refractivity contribution < 1.29 is 0 Å². The highest BCUT2D eigenvalue weighted by Crippen LogP contribution is 2.26. The van der Waals surface area contributed by atoms with Crippen molar-refractivity contribution in [2.75, 3.05) is 13.6 Å². The smallest absolute Gasteiger partial charge is 0.122 e. The molecule has 96 valence electrons. The highest BCUT2D eigenvalue weighted by molar-refractivity contribution is 4.92. The number of imidazole rings is 1. The van der Waals surface area contributed by atoms with Gasteiger partial charge in [0.2, 0.25) is 0 Å². The van der Waals surface area contributed by atoms with Gasteiger partial charge in [0.25, 0.3) is 0 Å². The Morgan fingerprint density at radius 3 is 3.00 bits per heavy atom. The molecule has 0 spiro atoms. The van der Waals surface area contributed by atoms with Crippen molar-refractivity contribution >= 4 is 0 Å². The first-order valence-corrected chi connectivity index (χ1v) is 6.65. The van der Waals surface area contributed by atoms with E-state index in [9.17, 15) is 0 Å². The summed E-state index contributed by atoms with van der Waals surface area (Å²) >= 11 is 0. The zero-order chi connectivity index (χ0) is 12.3. The van der Waals surface area contributed by atoms with E-state index in [2.05, 4.69) is 40.7 Å². The number of likely N-dealkylation sites (N-methyl/N-ethyl adjacent to an activating group) is 1. The van der Waals surface area contributed by atoms with Gasteiger partial charge >= 0.3 is 0 Å². The Morgan fingerprint density at radius 1 is 1.59 bits per heavy atom. The first-order chi connectivity index (χ1) is 8.22. The lowest BCUT2D eigenvalue weighted by Crippen LogP contribution is -2.39. The largest absolute Gasteiger partial charge is 0.334 e. The van der Waals surface area contributed by atoms with Crippen LogP contribution in [0.3, 0.4) is 0 Å². The molecule has 17 heavy (non-hydrogen) atoms. The zero-order valence-electron chi connectivity index (χ0n) is 11.2. The van der Waals surface area contributed by atoms with Crippen LogP contribution in [0.1, 0.15) is 32.5 Å². The lowest BCUT2D eigenvalue weighted by atomic mass is 10.3. The predicted molar refractivity (Wildman–Crippen MR) is 69.9 cm³/mol. The summed E-state index contributed by atoms with van der Waals surface area (Å²) in [5.74, 6) is 1.13. The van der Waals surface area contributed by atoms with Crippen molar-refractivity contribution in [3.63, 3.8) is 0 Å². The molecule has 1 atom stereocenters. The van der Waals surface area contributed by atoms with Gasteiger partial charge in [-0.15, -0.1) is 0 Å². The average Bonchev–Trinajstić information content (AvgIpc) is 3.08. The molecule has 0 amide bonds. The molecule has 0 saturated heterocycles. The second-order valence-corrected chi connectivity index (χ2v) is 5.01. The van der Waals surface area contributed by atoms with Crippen molar-refractivity contribution in [3.05, 3.63) is 18.2 Å². The third-order valence-electron chi connectivity index (χ3n) is 3.68. The predicted octanol–water partition coefficient (Wildman–Crippen LogP) is 1.48. The van der Waals surface area contributed by atoms with Gasteiger partial charge in [-0.05, 0) is 33.7 Å². The molecule has 1 aliphatic rings. The molecule has 4 nitrogen and oxygen atoms in total. The fourth-order valence-corrected chi connectivity index (χ4v) is 2.17. The van der Waals surface area contributed by atoms with E-state index in [1.807, 2.05) is 12.4 Å². The number of aromatic nitrogens is 2. The average molecular weight is 236 g/mol. The Hall–Kier alpha value is -0.870. The Bertz CT molecular complexity index is 343. The van der Waals surface area contributed by atoms with Crippen molar-refractivity contribution in [3.8, 4) is 0 Å². The van der Waals surface area contributed by atoms with Gasteiger partial charge in [-0.25, -0.2) is 4.98 Å². The highest BCUT2D eigenvalue weighted by Gasteiger charge is 2.28. The Balaban J connectivity index is 1.71. The molecule has 1 fully saturated rings. The number of nitrogens with one attached hydrogen (secondary N) is 1. The quantitative estimate of drug-likeness (QED) is 0.778. The van der Waals surface area contributed by atoms with Crippen molar-refractivity contribution in [1.29, 1.82) is 0 Å². The van der Waals surface area contributed by atoms with Crippen molar-refractivity contribution in [2.45, 2.75) is 51.9 Å². The molecule has 0 radical (unpaired) electrons. The van der Waals surface area contributed by atoms with Crippen LogP contribution in [0.5, 0.6) is 0 Å². The van der Waals surface area contributed by atoms with Crippen LogP contribution in [0, 0.1) is 0 Å². The molecule has 0 aromatic carbocycles. The number of hydrogen-bond donors (Lipinski definition) is 1. The summed E-state index contributed by atoms with van der Waals surface area (Å²) in [6.45, 7) is 7.33. The van der Waals surface area contributed by atoms with E-state index >= 15 is 0 Å². The van der Waals surface area contributed by atoms with E-state index in [4.69, 9.17) is 0 Å². The summed E-state index contributed by atoms with van der Waals surface area (Å²) < 4.78 is 2.18. The maximum Gasteiger partial charge on any atom is 0.122 e. The Morgan fingerprint density at radius 2 is 2.35 bits per heavy atom. The van der Waals surface area contributed by atoms with E-state index in [-0.39, 0.29) is 0 Å². The number of rotatable bonds is 7. The van der Waals surface area contributed by atoms with Gasteiger partial charge in [-0.1, -0.05) is 0 Å². The van der Waals surface area contributed by atoms with E-state index < -0.39 is 0 Å². The number of aryl methyl sites for hydroxylation is 1. The maximum absolute atomic E-state index is 4.36. The Labute approximate surface area is 104 Å². The molecule has 1 aliphatic carbocycles. The molecule has 1 saturated carbocycles. The molecule has 2 rings (SSSR count). The third kappa shape index (κ3) is 3.30. The normalized spacial score (nSPS) is 17.6. The second-order valence-electron chi connectivity index (χ2n) is 5.01. The van der Waals surface area contributed by atoms with Gasteiger partial charge in [0.1, 0.15) is 5.82 Å². The summed E-state index contributed by atoms with van der Waals surface area (Å²) in [5, 5.41) is 3.50. The third-order valence-corrected chi connectivity index (χ3v) is 3.68. The lowest BCUT2D eigenvalue weighted by molar-refractivity contribution is 0.240. The number of nitrogens with zero attached hydrogens (tertiary/aromatic N) is 3. The molecule has 1 unspecified atom stereocenters. The molecule has 4 heteroatoms. The van der Waals surface area contributed by atoms with Crippen LogP contribution in [0.2, 0.25) is 0 Å². The second kappa shape index (κ2) is 5.65. The standard InChI is InChI=1S/C13H24N4/c1-4-17-8-7-15-13(17)10-14-9-11(2)16(3)12-5-6-12/h7-8,11-12,14H,4-6,9-10H2,1-3H3. The van der Waals surface area contributed by atoms with E-state index in [1.165, 1.54) is 12.8 Å². The van der Waals surface area contributed by atoms with Crippen molar-refractivity contribution in [2.24, 2.45) is 0 Å². The molecular weight excluding hydrogens is 212 g/mol. The fourth-order valence-electron chi connectivity index (χ4n) is 2.17. The van der Waals surface area contributed by atoms with E-state index in [0.29, 0.717) is 6.04 Å². The minimum Gasteiger partial charge on any atom is -0.334 e. The number of hydrogen-bond acceptors (Lipinski definition) is 3. The van der Waals surface area contributed by atoms with Crippen LogP contribution in [0.15, 0.2) is 12.4 Å². The first-order valence-electron chi connectivity index (χ1n) is 6.65. The molecule has 1 heterocycles. The van der Waals surface area contributed by atoms with Crippen LogP contribution >= 0.6 is 0 Å². The maximum atomic E-state index is 4.36. The first kappa shape index (κ1) is 12.6. The van der Waals surface area contributed by atoms with Gasteiger partial charge in [0, 0.05) is 37.6 Å². The molecule has 0 aliphatic heterocycles. The fraction of sp³-hybridized carbons (Fsp3) is 0.769. The van der Waals surface area contributed by atoms with E-state index in [1.54, 1.807) is 0 Å². The van der Waals surface area contributed by atoms with Crippen LogP contribution in [-0.2, 0) is 13.1 Å². The van der Waals surface area contributed by atoms with Gasteiger partial charge in [-0.3, -0.25) is 4.90 Å². The summed E-state index contributed by atoms with van der Waals surface area (Å²) in [5.41, 5.74) is 0. The lowest BCUT2D eigenvalue weighted by Gasteiger charge is -2.24. The minimum absolute atomic E-state index is 0.604. The zero-order valence-corrected chi connectivity index (χ0v) is 11.2. The molecule has 1 aromatic heterocycles. The summed E-state index contributed by atoms with van der Waals surface area (Å²) in [7, 11) is 2.23. The molecule has 0 bridgehead atoms. The highest BCUT2D eigenvalue weighted by atomic mass is 15.2. The topological polar surface area (TPSA) is 33.1 Å². The Kier molecular flexibility index (Phi) is 4.18. The molecule has 1 aromatic rings. The van der Waals surface area contributed by atoms with Crippen LogP contribution in [0.25, 0.3) is 0 Å². The van der Waals surface area contributed by atoms with Crippen LogP contribution < -0.4 is 5.32 Å². The van der Waals surface area contributed by atoms with Gasteiger partial charge in [0.15, 0.2) is 0 Å². The summed E-state index contributed by atoms with van der Waals surface area (Å²) in [6.07, 6.45) is 6.67. The monoisotopic (exact) mass is 236 g/mol. The van der Waals surface area contributed by atoms with Crippen molar-refractivity contribution in [1.82, 2.24) is 19.8 Å². The van der Waals surface area contributed by atoms with Gasteiger partial charge in [-0.2, -0.15) is 0 Å².